The number of ether oxygens (including phenoxy) is 4. The Morgan fingerprint density at radius 1 is 0.969 bits per heavy atom. The molecular weight excluding hydrogens is 432 g/mol. The summed E-state index contributed by atoms with van der Waals surface area (Å²) in [6.07, 6.45) is 1.72. The van der Waals surface area contributed by atoms with Crippen molar-refractivity contribution in [2.24, 2.45) is 0 Å². The molecule has 3 aromatic rings. The van der Waals surface area contributed by atoms with E-state index < -0.39 is 5.97 Å². The van der Waals surface area contributed by atoms with Crippen molar-refractivity contribution in [2.75, 3.05) is 14.2 Å². The molecule has 0 aromatic heterocycles. The Kier molecular flexibility index (Phi) is 6.14. The predicted molar refractivity (Wildman–Crippen MR) is 120 cm³/mol. The average Bonchev–Trinajstić information content (AvgIpc) is 3.09. The third kappa shape index (κ3) is 4.60. The second-order valence-electron chi connectivity index (χ2n) is 6.99. The van der Waals surface area contributed by atoms with Gasteiger partial charge in [0.1, 0.15) is 11.5 Å². The highest BCUT2D eigenvalue weighted by atomic mass is 35.5. The normalized spacial score (nSPS) is 13.5. The van der Waals surface area contributed by atoms with Crippen LogP contribution >= 0.6 is 11.6 Å². The number of hydrogen-bond donors (Lipinski definition) is 0. The van der Waals surface area contributed by atoms with Gasteiger partial charge in [-0.1, -0.05) is 29.8 Å². The Bertz CT molecular complexity index is 1210. The second kappa shape index (κ2) is 9.16. The maximum Gasteiger partial charge on any atom is 0.315 e. The van der Waals surface area contributed by atoms with Crippen molar-refractivity contribution in [1.82, 2.24) is 0 Å². The molecule has 0 fully saturated rings. The molecule has 7 heteroatoms. The number of halogens is 1. The maximum absolute atomic E-state index is 12.7. The van der Waals surface area contributed by atoms with Crippen molar-refractivity contribution >= 4 is 29.4 Å². The summed E-state index contributed by atoms with van der Waals surface area (Å²) in [7, 11) is 3.09. The molecule has 0 atom stereocenters. The molecule has 32 heavy (non-hydrogen) atoms. The van der Waals surface area contributed by atoms with Gasteiger partial charge in [0.05, 0.1) is 26.2 Å². The molecule has 0 radical (unpaired) electrons. The van der Waals surface area contributed by atoms with E-state index in [9.17, 15) is 9.59 Å². The zero-order valence-electron chi connectivity index (χ0n) is 17.4. The van der Waals surface area contributed by atoms with Gasteiger partial charge in [0.25, 0.3) is 0 Å². The quantitative estimate of drug-likeness (QED) is 0.295. The molecule has 0 N–H and O–H groups in total. The van der Waals surface area contributed by atoms with Crippen molar-refractivity contribution < 1.29 is 28.5 Å². The van der Waals surface area contributed by atoms with Gasteiger partial charge in [-0.15, -0.1) is 0 Å². The van der Waals surface area contributed by atoms with Crippen LogP contribution in [-0.4, -0.2) is 26.0 Å². The minimum atomic E-state index is -0.433. The smallest absolute Gasteiger partial charge is 0.315 e. The van der Waals surface area contributed by atoms with Crippen LogP contribution < -0.4 is 18.9 Å². The summed E-state index contributed by atoms with van der Waals surface area (Å²) in [4.78, 5) is 25.0. The summed E-state index contributed by atoms with van der Waals surface area (Å²) in [6.45, 7) is 0. The van der Waals surface area contributed by atoms with E-state index in [4.69, 9.17) is 30.5 Å². The van der Waals surface area contributed by atoms with Gasteiger partial charge in [0.2, 0.25) is 5.78 Å². The second-order valence-corrected chi connectivity index (χ2v) is 7.43. The summed E-state index contributed by atoms with van der Waals surface area (Å²) >= 11 is 5.86. The lowest BCUT2D eigenvalue weighted by atomic mass is 10.1. The van der Waals surface area contributed by atoms with Gasteiger partial charge in [-0.3, -0.25) is 9.59 Å². The number of fused-ring (bicyclic) bond motifs is 1. The van der Waals surface area contributed by atoms with Crippen LogP contribution in [0.1, 0.15) is 21.5 Å². The van der Waals surface area contributed by atoms with Gasteiger partial charge in [0.15, 0.2) is 17.3 Å². The van der Waals surface area contributed by atoms with Crippen molar-refractivity contribution in [3.05, 3.63) is 88.1 Å². The molecule has 162 valence electrons. The first-order valence-corrected chi connectivity index (χ1v) is 10.1. The number of methoxy groups -OCH3 is 2. The molecule has 3 aromatic carbocycles. The Balaban J connectivity index is 1.49. The number of hydrogen-bond acceptors (Lipinski definition) is 6. The maximum atomic E-state index is 12.7. The van der Waals surface area contributed by atoms with Gasteiger partial charge in [-0.25, -0.2) is 0 Å². The molecule has 1 aliphatic heterocycles. The summed E-state index contributed by atoms with van der Waals surface area (Å²) in [5, 5.41) is 0.597. The fraction of sp³-hybridized carbons (Fsp3) is 0.120. The first-order valence-electron chi connectivity index (χ1n) is 9.72. The van der Waals surface area contributed by atoms with Crippen LogP contribution in [-0.2, 0) is 11.2 Å². The van der Waals surface area contributed by atoms with E-state index in [2.05, 4.69) is 0 Å². The Morgan fingerprint density at radius 2 is 1.72 bits per heavy atom. The Morgan fingerprint density at radius 3 is 2.44 bits per heavy atom. The number of Topliss-reactive ketones (excluding diaryl/α,β-unsaturated/α-hetero) is 1. The number of carbonyl (C=O) groups is 2. The molecule has 0 amide bonds. The fourth-order valence-corrected chi connectivity index (χ4v) is 3.39. The molecule has 0 spiro atoms. The van der Waals surface area contributed by atoms with Crippen LogP contribution in [0.2, 0.25) is 5.02 Å². The van der Waals surface area contributed by atoms with Crippen molar-refractivity contribution in [1.29, 1.82) is 0 Å². The highest BCUT2D eigenvalue weighted by Crippen LogP contribution is 2.36. The van der Waals surface area contributed by atoms with E-state index in [0.29, 0.717) is 39.1 Å². The number of carbonyl (C=O) groups excluding carboxylic acids is 2. The van der Waals surface area contributed by atoms with E-state index in [1.54, 1.807) is 67.8 Å². The van der Waals surface area contributed by atoms with Crippen LogP contribution in [0.15, 0.2) is 66.4 Å². The lowest BCUT2D eigenvalue weighted by Crippen LogP contribution is -2.11. The number of ketones is 1. The van der Waals surface area contributed by atoms with Gasteiger partial charge in [0, 0.05) is 11.1 Å². The number of rotatable bonds is 6. The van der Waals surface area contributed by atoms with Crippen molar-refractivity contribution in [3.8, 4) is 23.0 Å². The predicted octanol–water partition coefficient (Wildman–Crippen LogP) is 5.12. The van der Waals surface area contributed by atoms with Crippen LogP contribution in [0.4, 0.5) is 0 Å². The molecule has 6 nitrogen and oxygen atoms in total. The highest BCUT2D eigenvalue weighted by Gasteiger charge is 2.28. The van der Waals surface area contributed by atoms with Crippen LogP contribution in [0.5, 0.6) is 23.0 Å². The number of benzene rings is 3. The molecule has 1 heterocycles. The third-order valence-electron chi connectivity index (χ3n) is 4.84. The van der Waals surface area contributed by atoms with Gasteiger partial charge in [-0.05, 0) is 53.6 Å². The molecule has 0 aliphatic carbocycles. The van der Waals surface area contributed by atoms with E-state index in [1.165, 1.54) is 13.2 Å². The lowest BCUT2D eigenvalue weighted by molar-refractivity contribution is -0.133. The molecule has 1 aliphatic rings. The molecule has 0 bridgehead atoms. The van der Waals surface area contributed by atoms with Crippen molar-refractivity contribution in [3.63, 3.8) is 0 Å². The zero-order chi connectivity index (χ0) is 22.7. The molecule has 4 rings (SSSR count). The first-order chi connectivity index (χ1) is 15.5. The Labute approximate surface area is 189 Å². The number of esters is 1. The highest BCUT2D eigenvalue weighted by molar-refractivity contribution is 6.30. The van der Waals surface area contributed by atoms with E-state index in [-0.39, 0.29) is 18.0 Å². The van der Waals surface area contributed by atoms with Crippen LogP contribution in [0, 0.1) is 0 Å². The van der Waals surface area contributed by atoms with Crippen LogP contribution in [0.25, 0.3) is 6.08 Å². The minimum absolute atomic E-state index is 0.0957. The first kappa shape index (κ1) is 21.5. The molecule has 0 saturated heterocycles. The van der Waals surface area contributed by atoms with E-state index >= 15 is 0 Å². The van der Waals surface area contributed by atoms with Gasteiger partial charge >= 0.3 is 5.97 Å². The zero-order valence-corrected chi connectivity index (χ0v) is 18.1. The molecular formula is C25H19ClO6. The third-order valence-corrected chi connectivity index (χ3v) is 5.09. The van der Waals surface area contributed by atoms with E-state index in [1.807, 2.05) is 0 Å². The summed E-state index contributed by atoms with van der Waals surface area (Å²) in [6, 6.07) is 16.9. The average molecular weight is 451 g/mol. The summed E-state index contributed by atoms with van der Waals surface area (Å²) in [5.41, 5.74) is 1.90. The Hall–Kier alpha value is -3.77. The van der Waals surface area contributed by atoms with Crippen molar-refractivity contribution in [2.45, 2.75) is 6.42 Å². The fourth-order valence-electron chi connectivity index (χ4n) is 3.26. The molecule has 0 unspecified atom stereocenters. The van der Waals surface area contributed by atoms with Gasteiger partial charge in [-0.2, -0.15) is 0 Å². The topological polar surface area (TPSA) is 71.1 Å². The minimum Gasteiger partial charge on any atom is -0.493 e. The largest absolute Gasteiger partial charge is 0.493 e. The van der Waals surface area contributed by atoms with Gasteiger partial charge < -0.3 is 18.9 Å². The lowest BCUT2D eigenvalue weighted by Gasteiger charge is -2.08. The standard InChI is InChI=1S/C25H19ClO6/c1-29-20-10-5-16(11-22(20)30-2)12-23-25(28)19-9-8-18(14-21(19)32-23)31-24(27)13-15-3-6-17(26)7-4-15/h3-12,14H,13H2,1-2H3/b23-12-. The van der Waals surface area contributed by atoms with Crippen LogP contribution in [0.3, 0.4) is 0 Å². The summed E-state index contributed by atoms with van der Waals surface area (Å²) < 4.78 is 21.7. The van der Waals surface area contributed by atoms with E-state index in [0.717, 1.165) is 5.56 Å². The SMILES string of the molecule is COc1ccc(/C=C2\Oc3cc(OC(=O)Cc4ccc(Cl)cc4)ccc3C2=O)cc1OC. The summed E-state index contributed by atoms with van der Waals surface area (Å²) in [5.74, 6) is 1.23. The molecule has 0 saturated carbocycles. The number of allylic oxidation sites excluding steroid dienone is 1. The monoisotopic (exact) mass is 450 g/mol.